The highest BCUT2D eigenvalue weighted by Crippen LogP contribution is 2.45. The average Bonchev–Trinajstić information content (AvgIpc) is 3.44. The number of benzene rings is 3. The largest absolute Gasteiger partial charge is 0.508 e. The normalized spacial score (nSPS) is 14.6. The molecule has 0 bridgehead atoms. The van der Waals surface area contributed by atoms with E-state index in [1.807, 2.05) is 31.2 Å². The van der Waals surface area contributed by atoms with Crippen molar-refractivity contribution in [2.24, 2.45) is 0 Å². The highest BCUT2D eigenvalue weighted by Gasteiger charge is 2.43. The van der Waals surface area contributed by atoms with Crippen molar-refractivity contribution in [2.75, 3.05) is 18.1 Å². The van der Waals surface area contributed by atoms with Crippen LogP contribution in [0.2, 0.25) is 0 Å². The van der Waals surface area contributed by atoms with E-state index in [1.165, 1.54) is 0 Å². The number of esters is 1. The van der Waals surface area contributed by atoms with Crippen LogP contribution in [-0.2, 0) is 4.74 Å². The second-order valence-electron chi connectivity index (χ2n) is 8.25. The van der Waals surface area contributed by atoms with Gasteiger partial charge in [-0.05, 0) is 80.1 Å². The van der Waals surface area contributed by atoms with Gasteiger partial charge in [0.25, 0.3) is 5.91 Å². The van der Waals surface area contributed by atoms with Crippen LogP contribution < -0.4 is 9.64 Å². The summed E-state index contributed by atoms with van der Waals surface area (Å²) in [6, 6.07) is 20.6. The summed E-state index contributed by atoms with van der Waals surface area (Å²) in [5, 5.41) is 17.3. The van der Waals surface area contributed by atoms with Crippen molar-refractivity contribution in [3.05, 3.63) is 95.2 Å². The zero-order chi connectivity index (χ0) is 25.2. The molecule has 0 fully saturated rings. The summed E-state index contributed by atoms with van der Waals surface area (Å²) in [4.78, 5) is 27.4. The van der Waals surface area contributed by atoms with Crippen LogP contribution in [0, 0.1) is 0 Å². The maximum absolute atomic E-state index is 13.6. The number of ether oxygens (including phenoxy) is 2. The Morgan fingerprint density at radius 3 is 2.31 bits per heavy atom. The van der Waals surface area contributed by atoms with Crippen molar-refractivity contribution in [2.45, 2.75) is 19.9 Å². The number of phenolic OH excluding ortho intramolecular Hbond substituents is 1. The first-order chi connectivity index (χ1) is 17.5. The molecule has 0 radical (unpaired) electrons. The van der Waals surface area contributed by atoms with E-state index < -0.39 is 12.0 Å². The number of carbonyl (C=O) groups is 2. The first-order valence-corrected chi connectivity index (χ1v) is 11.7. The minimum atomic E-state index is -0.498. The van der Waals surface area contributed by atoms with E-state index in [2.05, 4.69) is 10.2 Å². The number of H-pyrrole nitrogens is 1. The van der Waals surface area contributed by atoms with Gasteiger partial charge in [-0.2, -0.15) is 5.10 Å². The summed E-state index contributed by atoms with van der Waals surface area (Å²) in [5.41, 5.74) is 4.47. The Kier molecular flexibility index (Phi) is 6.16. The lowest BCUT2D eigenvalue weighted by molar-refractivity contribution is 0.0526. The van der Waals surface area contributed by atoms with Gasteiger partial charge in [0.05, 0.1) is 30.5 Å². The first-order valence-electron chi connectivity index (χ1n) is 11.7. The molecule has 0 aliphatic carbocycles. The number of aromatic nitrogens is 2. The lowest BCUT2D eigenvalue weighted by Gasteiger charge is -2.26. The Morgan fingerprint density at radius 1 is 0.972 bits per heavy atom. The SMILES string of the molecule is CCOC(=O)c1ccc(N2C(=O)c3[nH]nc(-c4ccc(OCC)cc4)c3C2c2ccc(O)cc2)cc1. The number of rotatable bonds is 7. The first kappa shape index (κ1) is 23.2. The Hall–Kier alpha value is -4.59. The van der Waals surface area contributed by atoms with E-state index in [0.29, 0.717) is 29.2 Å². The summed E-state index contributed by atoms with van der Waals surface area (Å²) in [7, 11) is 0. The monoisotopic (exact) mass is 483 g/mol. The Labute approximate surface area is 208 Å². The molecule has 3 aromatic carbocycles. The van der Waals surface area contributed by atoms with Crippen LogP contribution in [0.5, 0.6) is 11.5 Å². The maximum Gasteiger partial charge on any atom is 0.338 e. The molecule has 0 saturated carbocycles. The van der Waals surface area contributed by atoms with Crippen molar-refractivity contribution < 1.29 is 24.2 Å². The van der Waals surface area contributed by atoms with Crippen molar-refractivity contribution >= 4 is 17.6 Å². The molecule has 4 aromatic rings. The zero-order valence-electron chi connectivity index (χ0n) is 19.9. The number of aromatic amines is 1. The molecule has 1 amide bonds. The van der Waals surface area contributed by atoms with E-state index in [1.54, 1.807) is 60.4 Å². The van der Waals surface area contributed by atoms with E-state index in [-0.39, 0.29) is 18.3 Å². The molecule has 1 aromatic heterocycles. The lowest BCUT2D eigenvalue weighted by Crippen LogP contribution is -2.29. The molecular weight excluding hydrogens is 458 g/mol. The average molecular weight is 484 g/mol. The van der Waals surface area contributed by atoms with Crippen LogP contribution in [-0.4, -0.2) is 40.4 Å². The Morgan fingerprint density at radius 2 is 1.67 bits per heavy atom. The summed E-state index contributed by atoms with van der Waals surface area (Å²) >= 11 is 0. The molecule has 36 heavy (non-hydrogen) atoms. The van der Waals surface area contributed by atoms with Gasteiger partial charge in [0.2, 0.25) is 0 Å². The molecule has 5 rings (SSSR count). The van der Waals surface area contributed by atoms with Gasteiger partial charge in [0, 0.05) is 16.8 Å². The van der Waals surface area contributed by atoms with Gasteiger partial charge < -0.3 is 14.6 Å². The van der Waals surface area contributed by atoms with E-state index in [4.69, 9.17) is 9.47 Å². The fourth-order valence-corrected chi connectivity index (χ4v) is 4.45. The fraction of sp³-hybridized carbons (Fsp3) is 0.179. The molecule has 0 spiro atoms. The predicted molar refractivity (Wildman–Crippen MR) is 134 cm³/mol. The van der Waals surface area contributed by atoms with Crippen molar-refractivity contribution in [3.63, 3.8) is 0 Å². The second-order valence-corrected chi connectivity index (χ2v) is 8.25. The van der Waals surface area contributed by atoms with E-state index >= 15 is 0 Å². The highest BCUT2D eigenvalue weighted by atomic mass is 16.5. The molecule has 2 N–H and O–H groups in total. The number of carbonyl (C=O) groups excluding carboxylic acids is 2. The molecule has 1 aliphatic heterocycles. The second kappa shape index (κ2) is 9.58. The van der Waals surface area contributed by atoms with Crippen molar-refractivity contribution in [3.8, 4) is 22.8 Å². The van der Waals surface area contributed by atoms with Crippen molar-refractivity contribution in [1.82, 2.24) is 10.2 Å². The number of nitrogens with one attached hydrogen (secondary N) is 1. The number of phenols is 1. The van der Waals surface area contributed by atoms with Crippen LogP contribution in [0.15, 0.2) is 72.8 Å². The summed E-state index contributed by atoms with van der Waals surface area (Å²) in [5.74, 6) is 0.228. The Balaban J connectivity index is 1.60. The summed E-state index contributed by atoms with van der Waals surface area (Å²) < 4.78 is 10.6. The molecule has 2 heterocycles. The maximum atomic E-state index is 13.6. The molecule has 1 unspecified atom stereocenters. The van der Waals surface area contributed by atoms with Crippen LogP contribution in [0.25, 0.3) is 11.3 Å². The number of aromatic hydroxyl groups is 1. The number of nitrogens with zero attached hydrogens (tertiary/aromatic N) is 2. The van der Waals surface area contributed by atoms with Gasteiger partial charge in [-0.25, -0.2) is 4.79 Å². The van der Waals surface area contributed by atoms with Crippen molar-refractivity contribution in [1.29, 1.82) is 0 Å². The Bertz CT molecular complexity index is 1390. The smallest absolute Gasteiger partial charge is 0.338 e. The molecule has 0 saturated heterocycles. The zero-order valence-corrected chi connectivity index (χ0v) is 19.9. The number of fused-ring (bicyclic) bond motifs is 1. The van der Waals surface area contributed by atoms with Crippen LogP contribution in [0.3, 0.4) is 0 Å². The van der Waals surface area contributed by atoms with Crippen LogP contribution >= 0.6 is 0 Å². The van der Waals surface area contributed by atoms with Gasteiger partial charge in [-0.3, -0.25) is 14.8 Å². The minimum Gasteiger partial charge on any atom is -0.508 e. The van der Waals surface area contributed by atoms with E-state index in [9.17, 15) is 14.7 Å². The molecule has 182 valence electrons. The van der Waals surface area contributed by atoms with Gasteiger partial charge in [-0.1, -0.05) is 12.1 Å². The standard InChI is InChI=1S/C28H25N3O5/c1-3-35-22-15-9-17(10-16-22)24-23-25(30-29-24)27(33)31(26(23)18-7-13-21(32)14-8-18)20-11-5-19(6-12-20)28(34)36-4-2/h5-16,26,32H,3-4H2,1-2H3,(H,29,30). The van der Waals surface area contributed by atoms with Gasteiger partial charge in [0.15, 0.2) is 0 Å². The minimum absolute atomic E-state index is 0.132. The topological polar surface area (TPSA) is 105 Å². The summed E-state index contributed by atoms with van der Waals surface area (Å²) in [6.45, 7) is 4.53. The molecule has 1 aliphatic rings. The molecular formula is C28H25N3O5. The number of hydrogen-bond donors (Lipinski definition) is 2. The molecule has 1 atom stereocenters. The third-order valence-corrected chi connectivity index (χ3v) is 6.07. The van der Waals surface area contributed by atoms with Gasteiger partial charge >= 0.3 is 5.97 Å². The number of amides is 1. The third kappa shape index (κ3) is 4.07. The van der Waals surface area contributed by atoms with Gasteiger partial charge in [-0.15, -0.1) is 0 Å². The lowest BCUT2D eigenvalue weighted by atomic mass is 9.95. The summed E-state index contributed by atoms with van der Waals surface area (Å²) in [6.07, 6.45) is 0. The van der Waals surface area contributed by atoms with E-state index in [0.717, 1.165) is 22.4 Å². The fourth-order valence-electron chi connectivity index (χ4n) is 4.45. The number of anilines is 1. The van der Waals surface area contributed by atoms with Crippen LogP contribution in [0.1, 0.15) is 51.9 Å². The predicted octanol–water partition coefficient (Wildman–Crippen LogP) is 5.11. The molecule has 8 nitrogen and oxygen atoms in total. The molecule has 8 heteroatoms. The quantitative estimate of drug-likeness (QED) is 0.354. The number of hydrogen-bond acceptors (Lipinski definition) is 6. The highest BCUT2D eigenvalue weighted by molar-refractivity contribution is 6.12. The van der Waals surface area contributed by atoms with Crippen LogP contribution in [0.4, 0.5) is 5.69 Å². The van der Waals surface area contributed by atoms with Gasteiger partial charge in [0.1, 0.15) is 17.2 Å². The third-order valence-electron chi connectivity index (χ3n) is 6.07.